The Balaban J connectivity index is 0.000000505. The van der Waals surface area contributed by atoms with Crippen molar-refractivity contribution in [3.63, 3.8) is 0 Å². The molecule has 0 aliphatic carbocycles. The summed E-state index contributed by atoms with van der Waals surface area (Å²) in [5, 5.41) is 34.7. The van der Waals surface area contributed by atoms with Crippen LogP contribution in [0, 0.1) is 6.92 Å². The zero-order valence-electron chi connectivity index (χ0n) is 12.8. The van der Waals surface area contributed by atoms with Gasteiger partial charge in [0.2, 0.25) is 0 Å². The molecule has 1 heterocycles. The Kier molecular flexibility index (Phi) is 6.58. The average molecular weight is 366 g/mol. The summed E-state index contributed by atoms with van der Waals surface area (Å²) in [4.78, 5) is 0. The zero-order chi connectivity index (χ0) is 18.5. The molecule has 0 aliphatic rings. The summed E-state index contributed by atoms with van der Waals surface area (Å²) < 4.78 is 40.8. The van der Waals surface area contributed by atoms with Crippen molar-refractivity contribution in [2.75, 3.05) is 0 Å². The number of phenols is 3. The van der Waals surface area contributed by atoms with Gasteiger partial charge in [-0.3, -0.25) is 0 Å². The van der Waals surface area contributed by atoms with Crippen molar-refractivity contribution >= 4 is 30.7 Å². The molecule has 2 aromatic rings. The molecule has 11 heteroatoms. The fourth-order valence-electron chi connectivity index (χ4n) is 1.70. The lowest BCUT2D eigenvalue weighted by Gasteiger charge is -2.02. The maximum absolute atomic E-state index is 9.75. The van der Waals surface area contributed by atoms with Gasteiger partial charge in [0.25, 0.3) is 5.01 Å². The molecule has 3 N–H and O–H groups in total. The molecule has 0 unspecified atom stereocenters. The molecule has 0 atom stereocenters. The minimum atomic E-state index is -6.00. The number of aryl methyl sites for hydroxylation is 2. The van der Waals surface area contributed by atoms with Crippen molar-refractivity contribution in [3.05, 3.63) is 27.7 Å². The van der Waals surface area contributed by atoms with E-state index in [-0.39, 0.29) is 17.2 Å². The Morgan fingerprint density at radius 2 is 1.75 bits per heavy atom. The molecule has 0 radical (unpaired) electrons. The molecule has 0 amide bonds. The van der Waals surface area contributed by atoms with Crippen molar-refractivity contribution in [1.29, 1.82) is 0 Å². The van der Waals surface area contributed by atoms with E-state index in [0.717, 1.165) is 22.6 Å². The molecule has 24 heavy (non-hydrogen) atoms. The molecule has 0 aliphatic heterocycles. The molecule has 0 bridgehead atoms. The van der Waals surface area contributed by atoms with E-state index >= 15 is 0 Å². The first kappa shape index (κ1) is 19.8. The number of rotatable bonds is 3. The smallest absolute Gasteiger partial charge is 0.508 e. The molecule has 0 spiro atoms. The van der Waals surface area contributed by atoms with Crippen LogP contribution in [0.5, 0.6) is 17.2 Å². The molecule has 132 valence electrons. The van der Waals surface area contributed by atoms with E-state index in [0.29, 0.717) is 5.56 Å². The van der Waals surface area contributed by atoms with Gasteiger partial charge in [-0.15, -0.1) is 0 Å². The van der Waals surface area contributed by atoms with Gasteiger partial charge in [0.05, 0.1) is 0 Å². The number of hydrogen-bond donors (Lipinski definition) is 3. The van der Waals surface area contributed by atoms with Gasteiger partial charge < -0.3 is 32.6 Å². The van der Waals surface area contributed by atoms with E-state index in [9.17, 15) is 32.6 Å². The van der Waals surface area contributed by atoms with Crippen molar-refractivity contribution in [3.8, 4) is 17.2 Å². The fourth-order valence-corrected chi connectivity index (χ4v) is 2.56. The topological polar surface area (TPSA) is 77.5 Å². The first-order valence-electron chi connectivity index (χ1n) is 6.69. The second-order valence-electron chi connectivity index (χ2n) is 4.51. The molecule has 5 nitrogen and oxygen atoms in total. The number of aromatic hydroxyl groups is 3. The Labute approximate surface area is 139 Å². The number of phenolic OH excluding ortho intramolecular Hbond substituents is 3. The van der Waals surface area contributed by atoms with Crippen LogP contribution in [0.25, 0.3) is 12.2 Å². The second kappa shape index (κ2) is 8.00. The number of aromatic nitrogens is 2. The Bertz CT molecular complexity index is 729. The van der Waals surface area contributed by atoms with E-state index in [1.807, 2.05) is 18.5 Å². The highest BCUT2D eigenvalue weighted by Crippen LogP contribution is 2.34. The molecular formula is C13H15BF4N2O3S. The lowest BCUT2D eigenvalue weighted by atomic mass is 10.1. The largest absolute Gasteiger partial charge is 0.673 e. The third-order valence-corrected chi connectivity index (χ3v) is 3.51. The summed E-state index contributed by atoms with van der Waals surface area (Å²) in [5.41, 5.74) is 0.353. The molecule has 0 fully saturated rings. The van der Waals surface area contributed by atoms with Gasteiger partial charge in [0.1, 0.15) is 5.75 Å². The standard InChI is InChI=1S/C13H14N2O3S.BF4/c1-3-15-12(19-8(2)14-15)5-4-9-6-10(16)7-11(17)13(9)18;2-1(3,4)5/h4-7,16-17H,3H2,1-2H3;/q;-1/p+1. The Morgan fingerprint density at radius 3 is 2.29 bits per heavy atom. The quantitative estimate of drug-likeness (QED) is 0.256. The van der Waals surface area contributed by atoms with Gasteiger partial charge in [-0.05, 0) is 37.3 Å². The fraction of sp³-hybridized carbons (Fsp3) is 0.231. The second-order valence-corrected chi connectivity index (χ2v) is 5.72. The molecule has 1 aromatic carbocycles. The summed E-state index contributed by atoms with van der Waals surface area (Å²) >= 11 is 1.53. The number of hydrogen-bond acceptors (Lipinski definition) is 5. The lowest BCUT2D eigenvalue weighted by Crippen LogP contribution is -2.36. The van der Waals surface area contributed by atoms with Gasteiger partial charge >= 0.3 is 7.25 Å². The molecule has 0 saturated carbocycles. The summed E-state index contributed by atoms with van der Waals surface area (Å²) in [6.45, 7) is 4.67. The van der Waals surface area contributed by atoms with Gasteiger partial charge in [0.15, 0.2) is 23.1 Å². The third kappa shape index (κ3) is 6.45. The van der Waals surface area contributed by atoms with Gasteiger partial charge in [-0.1, -0.05) is 4.68 Å². The number of nitrogens with zero attached hydrogens (tertiary/aromatic N) is 2. The average Bonchev–Trinajstić information content (AvgIpc) is 2.79. The lowest BCUT2D eigenvalue weighted by molar-refractivity contribution is -0.747. The maximum Gasteiger partial charge on any atom is 0.673 e. The van der Waals surface area contributed by atoms with Crippen LogP contribution in [0.2, 0.25) is 0 Å². The van der Waals surface area contributed by atoms with E-state index < -0.39 is 7.25 Å². The highest BCUT2D eigenvalue weighted by atomic mass is 32.1. The minimum Gasteiger partial charge on any atom is -0.508 e. The highest BCUT2D eigenvalue weighted by molar-refractivity contribution is 7.11. The van der Waals surface area contributed by atoms with Crippen LogP contribution in [0.1, 0.15) is 22.5 Å². The van der Waals surface area contributed by atoms with E-state index in [1.165, 1.54) is 17.4 Å². The van der Waals surface area contributed by atoms with Crippen LogP contribution in [-0.2, 0) is 6.54 Å². The van der Waals surface area contributed by atoms with E-state index in [4.69, 9.17) is 0 Å². The van der Waals surface area contributed by atoms with Crippen LogP contribution >= 0.6 is 11.3 Å². The third-order valence-electron chi connectivity index (χ3n) is 2.58. The molecule has 0 saturated heterocycles. The predicted octanol–water partition coefficient (Wildman–Crippen LogP) is 3.35. The minimum absolute atomic E-state index is 0.0983. The highest BCUT2D eigenvalue weighted by Gasteiger charge is 2.20. The van der Waals surface area contributed by atoms with Gasteiger partial charge in [-0.2, -0.15) is 0 Å². The summed E-state index contributed by atoms with van der Waals surface area (Å²) in [5.74, 6) is -0.694. The molecule has 2 rings (SSSR count). The monoisotopic (exact) mass is 366 g/mol. The first-order chi connectivity index (χ1) is 11.0. The first-order valence-corrected chi connectivity index (χ1v) is 7.50. The van der Waals surface area contributed by atoms with Gasteiger partial charge in [0, 0.05) is 22.8 Å². The Morgan fingerprint density at radius 1 is 1.17 bits per heavy atom. The van der Waals surface area contributed by atoms with Crippen molar-refractivity contribution < 1.29 is 37.3 Å². The molecule has 1 aromatic heterocycles. The zero-order valence-corrected chi connectivity index (χ0v) is 13.6. The SMILES string of the molecule is CC[n+]1nc(C)sc1/C=C/c1cc(O)cc(O)c1O.F[B-](F)(F)F. The van der Waals surface area contributed by atoms with Crippen LogP contribution in [0.15, 0.2) is 12.1 Å². The van der Waals surface area contributed by atoms with Gasteiger partial charge in [-0.25, -0.2) is 0 Å². The normalized spacial score (nSPS) is 11.4. The van der Waals surface area contributed by atoms with Crippen LogP contribution < -0.4 is 4.68 Å². The number of halogens is 4. The summed E-state index contributed by atoms with van der Waals surface area (Å²) in [7, 11) is -6.00. The maximum atomic E-state index is 9.75. The van der Waals surface area contributed by atoms with Crippen molar-refractivity contribution in [2.24, 2.45) is 0 Å². The Hall–Kier alpha value is -2.30. The summed E-state index contributed by atoms with van der Waals surface area (Å²) in [6.07, 6.45) is 3.43. The van der Waals surface area contributed by atoms with E-state index in [2.05, 4.69) is 5.10 Å². The van der Waals surface area contributed by atoms with Crippen molar-refractivity contribution in [1.82, 2.24) is 5.10 Å². The van der Waals surface area contributed by atoms with Crippen LogP contribution in [0.4, 0.5) is 17.3 Å². The number of benzene rings is 1. The molecular weight excluding hydrogens is 351 g/mol. The van der Waals surface area contributed by atoms with Crippen LogP contribution in [-0.4, -0.2) is 27.7 Å². The predicted molar refractivity (Wildman–Crippen MR) is 83.3 cm³/mol. The van der Waals surface area contributed by atoms with Crippen molar-refractivity contribution in [2.45, 2.75) is 20.4 Å². The van der Waals surface area contributed by atoms with Crippen LogP contribution in [0.3, 0.4) is 0 Å². The summed E-state index contributed by atoms with van der Waals surface area (Å²) in [6, 6.07) is 2.48. The van der Waals surface area contributed by atoms with E-state index in [1.54, 1.807) is 12.2 Å².